The summed E-state index contributed by atoms with van der Waals surface area (Å²) >= 11 is 1.02. The van der Waals surface area contributed by atoms with Crippen molar-refractivity contribution < 1.29 is 9.53 Å². The van der Waals surface area contributed by atoms with Crippen LogP contribution in [0.5, 0.6) is 5.75 Å². The van der Waals surface area contributed by atoms with Crippen LogP contribution in [0, 0.1) is 0 Å². The van der Waals surface area contributed by atoms with E-state index in [1.54, 1.807) is 19.2 Å². The van der Waals surface area contributed by atoms with Crippen LogP contribution in [0.4, 0.5) is 0 Å². The Hall–Kier alpha value is -1.66. The van der Waals surface area contributed by atoms with Crippen molar-refractivity contribution in [3.8, 4) is 5.75 Å². The summed E-state index contributed by atoms with van der Waals surface area (Å²) in [5.41, 5.74) is 1.13. The van der Waals surface area contributed by atoms with Gasteiger partial charge in [-0.05, 0) is 19.2 Å². The molecule has 6 heteroatoms. The Balaban J connectivity index is 2.66. The number of carbonyl (C=O) groups is 1. The summed E-state index contributed by atoms with van der Waals surface area (Å²) in [6, 6.07) is 3.37. The third-order valence-electron chi connectivity index (χ3n) is 2.40. The first-order valence-electron chi connectivity index (χ1n) is 5.05. The first-order chi connectivity index (χ1) is 8.17. The average Bonchev–Trinajstić information content (AvgIpc) is 2.69. The molecule has 0 aliphatic carbocycles. The van der Waals surface area contributed by atoms with E-state index in [4.69, 9.17) is 4.74 Å². The quantitative estimate of drug-likeness (QED) is 0.796. The molecule has 0 fully saturated rings. The highest BCUT2D eigenvalue weighted by Gasteiger charge is 2.15. The Kier molecular flexibility index (Phi) is 3.26. The van der Waals surface area contributed by atoms with Crippen LogP contribution in [-0.2, 0) is 0 Å². The number of nitrogens with one attached hydrogen (secondary N) is 2. The van der Waals surface area contributed by atoms with Gasteiger partial charge >= 0.3 is 4.87 Å². The number of carbonyl (C=O) groups excluding carboxylic acids is 1. The summed E-state index contributed by atoms with van der Waals surface area (Å²) in [4.78, 5) is 25.7. The van der Waals surface area contributed by atoms with Crippen molar-refractivity contribution in [2.24, 2.45) is 0 Å². The molecular weight excluding hydrogens is 240 g/mol. The van der Waals surface area contributed by atoms with E-state index in [0.717, 1.165) is 11.3 Å². The summed E-state index contributed by atoms with van der Waals surface area (Å²) in [6.45, 7) is 0.244. The van der Waals surface area contributed by atoms with Gasteiger partial charge in [0.05, 0.1) is 18.4 Å². The molecule has 90 valence electrons. The lowest BCUT2D eigenvalue weighted by molar-refractivity contribution is 0.0995. The molecule has 0 radical (unpaired) electrons. The molecule has 0 aliphatic rings. The van der Waals surface area contributed by atoms with Crippen LogP contribution < -0.4 is 14.9 Å². The van der Waals surface area contributed by atoms with Crippen LogP contribution in [0.3, 0.4) is 0 Å². The molecule has 2 rings (SSSR count). The van der Waals surface area contributed by atoms with Gasteiger partial charge in [0.25, 0.3) is 0 Å². The summed E-state index contributed by atoms with van der Waals surface area (Å²) in [7, 11) is 3.23. The monoisotopic (exact) mass is 252 g/mol. The van der Waals surface area contributed by atoms with Crippen LogP contribution in [0.25, 0.3) is 10.2 Å². The van der Waals surface area contributed by atoms with Gasteiger partial charge in [0.2, 0.25) is 0 Å². The number of hydrogen-bond donors (Lipinski definition) is 2. The summed E-state index contributed by atoms with van der Waals surface area (Å²) in [6.07, 6.45) is 0. The number of benzene rings is 1. The number of thiazole rings is 1. The van der Waals surface area contributed by atoms with Gasteiger partial charge in [0, 0.05) is 5.56 Å². The molecule has 5 nitrogen and oxygen atoms in total. The van der Waals surface area contributed by atoms with E-state index in [1.165, 1.54) is 7.11 Å². The molecule has 2 aromatic rings. The number of likely N-dealkylation sites (N-methyl/N-ethyl adjacent to an activating group) is 1. The van der Waals surface area contributed by atoms with Crippen molar-refractivity contribution in [3.63, 3.8) is 0 Å². The van der Waals surface area contributed by atoms with Crippen LogP contribution in [0.15, 0.2) is 16.9 Å². The third-order valence-corrected chi connectivity index (χ3v) is 3.31. The minimum atomic E-state index is -0.192. The Morgan fingerprint density at radius 1 is 1.53 bits per heavy atom. The maximum absolute atomic E-state index is 11.9. The molecule has 2 N–H and O–H groups in total. The molecule has 1 aromatic carbocycles. The van der Waals surface area contributed by atoms with E-state index in [0.29, 0.717) is 21.5 Å². The van der Waals surface area contributed by atoms with Gasteiger partial charge in [0.1, 0.15) is 11.3 Å². The molecule has 0 saturated carbocycles. The molecule has 1 heterocycles. The van der Waals surface area contributed by atoms with Crippen molar-refractivity contribution in [3.05, 3.63) is 27.4 Å². The second-order valence-electron chi connectivity index (χ2n) is 3.49. The van der Waals surface area contributed by atoms with Crippen LogP contribution >= 0.6 is 11.3 Å². The van der Waals surface area contributed by atoms with E-state index in [9.17, 15) is 9.59 Å². The second-order valence-corrected chi connectivity index (χ2v) is 4.47. The number of rotatable bonds is 4. The van der Waals surface area contributed by atoms with Crippen molar-refractivity contribution in [2.75, 3.05) is 20.7 Å². The highest BCUT2D eigenvalue weighted by atomic mass is 32.1. The van der Waals surface area contributed by atoms with Gasteiger partial charge in [-0.2, -0.15) is 0 Å². The summed E-state index contributed by atoms with van der Waals surface area (Å²) in [5.74, 6) is 0.523. The molecule has 0 spiro atoms. The fourth-order valence-corrected chi connectivity index (χ4v) is 2.54. The predicted octanol–water partition coefficient (Wildman–Crippen LogP) is 1.00. The fraction of sp³-hybridized carbons (Fsp3) is 0.273. The summed E-state index contributed by atoms with van der Waals surface area (Å²) in [5, 5.41) is 2.80. The van der Waals surface area contributed by atoms with Crippen molar-refractivity contribution in [1.82, 2.24) is 10.3 Å². The van der Waals surface area contributed by atoms with E-state index < -0.39 is 0 Å². The van der Waals surface area contributed by atoms with E-state index in [-0.39, 0.29) is 17.2 Å². The number of fused-ring (bicyclic) bond motifs is 1. The number of hydrogen-bond acceptors (Lipinski definition) is 5. The number of ketones is 1. The van der Waals surface area contributed by atoms with Crippen molar-refractivity contribution in [2.45, 2.75) is 0 Å². The van der Waals surface area contributed by atoms with E-state index in [1.807, 2.05) is 0 Å². The van der Waals surface area contributed by atoms with Gasteiger partial charge in [-0.15, -0.1) is 0 Å². The van der Waals surface area contributed by atoms with Crippen LogP contribution in [0.2, 0.25) is 0 Å². The first kappa shape index (κ1) is 11.8. The van der Waals surface area contributed by atoms with Crippen molar-refractivity contribution in [1.29, 1.82) is 0 Å². The molecular formula is C11H12N2O3S. The Labute approximate surface area is 101 Å². The SMILES string of the molecule is CNCC(=O)c1ccc(OC)c2[nH]c(=O)sc12. The topological polar surface area (TPSA) is 71.2 Å². The molecule has 0 saturated heterocycles. The normalized spacial score (nSPS) is 10.7. The van der Waals surface area contributed by atoms with Crippen molar-refractivity contribution >= 4 is 27.3 Å². The molecule has 17 heavy (non-hydrogen) atoms. The molecule has 0 amide bonds. The minimum absolute atomic E-state index is 0.0459. The zero-order valence-corrected chi connectivity index (χ0v) is 10.3. The lowest BCUT2D eigenvalue weighted by atomic mass is 10.1. The summed E-state index contributed by atoms with van der Waals surface area (Å²) < 4.78 is 5.79. The van der Waals surface area contributed by atoms with E-state index >= 15 is 0 Å². The molecule has 0 atom stereocenters. The first-order valence-corrected chi connectivity index (χ1v) is 5.86. The number of ether oxygens (including phenoxy) is 1. The zero-order valence-electron chi connectivity index (χ0n) is 9.49. The highest BCUT2D eigenvalue weighted by molar-refractivity contribution is 7.16. The lowest BCUT2D eigenvalue weighted by Gasteiger charge is -2.05. The standard InChI is InChI=1S/C11H12N2O3S/c1-12-5-7(14)6-3-4-8(16-2)9-10(6)17-11(15)13-9/h3-4,12H,5H2,1-2H3,(H,13,15). The van der Waals surface area contributed by atoms with Crippen LogP contribution in [0.1, 0.15) is 10.4 Å². The van der Waals surface area contributed by atoms with Gasteiger partial charge in [-0.3, -0.25) is 9.59 Å². The molecule has 1 aromatic heterocycles. The smallest absolute Gasteiger partial charge is 0.305 e. The van der Waals surface area contributed by atoms with Gasteiger partial charge < -0.3 is 15.0 Å². The van der Waals surface area contributed by atoms with E-state index in [2.05, 4.69) is 10.3 Å². The maximum Gasteiger partial charge on any atom is 0.305 e. The highest BCUT2D eigenvalue weighted by Crippen LogP contribution is 2.28. The number of aromatic amines is 1. The Morgan fingerprint density at radius 2 is 2.29 bits per heavy atom. The van der Waals surface area contributed by atoms with Crippen LogP contribution in [-0.4, -0.2) is 31.5 Å². The van der Waals surface area contributed by atoms with Gasteiger partial charge in [-0.1, -0.05) is 11.3 Å². The number of aromatic nitrogens is 1. The Morgan fingerprint density at radius 3 is 2.94 bits per heavy atom. The zero-order chi connectivity index (χ0) is 12.4. The average molecular weight is 252 g/mol. The minimum Gasteiger partial charge on any atom is -0.495 e. The maximum atomic E-state index is 11.9. The van der Waals surface area contributed by atoms with Gasteiger partial charge in [0.15, 0.2) is 5.78 Å². The third kappa shape index (κ3) is 2.09. The number of H-pyrrole nitrogens is 1. The molecule has 0 aliphatic heterocycles. The largest absolute Gasteiger partial charge is 0.495 e. The fourth-order valence-electron chi connectivity index (χ4n) is 1.65. The Bertz CT molecular complexity index is 615. The number of methoxy groups -OCH3 is 1. The molecule has 0 bridgehead atoms. The number of Topliss-reactive ketones (excluding diaryl/α,β-unsaturated/α-hetero) is 1. The lowest BCUT2D eigenvalue weighted by Crippen LogP contribution is -2.18. The molecule has 0 unspecified atom stereocenters. The second kappa shape index (κ2) is 4.68. The van der Waals surface area contributed by atoms with Gasteiger partial charge in [-0.25, -0.2) is 0 Å². The predicted molar refractivity (Wildman–Crippen MR) is 67.3 cm³/mol.